The fourth-order valence-corrected chi connectivity index (χ4v) is 2.12. The first-order chi connectivity index (χ1) is 7.45. The van der Waals surface area contributed by atoms with Gasteiger partial charge in [-0.1, -0.05) is 0 Å². The molecule has 1 saturated heterocycles. The van der Waals surface area contributed by atoms with Crippen molar-refractivity contribution in [1.29, 1.82) is 0 Å². The molecule has 4 atom stereocenters. The zero-order valence-electron chi connectivity index (χ0n) is 10.6. The fraction of sp³-hybridized carbons (Fsp3) is 0.909. The van der Waals surface area contributed by atoms with E-state index in [-0.39, 0.29) is 24.4 Å². The molecule has 0 spiro atoms. The Morgan fingerprint density at radius 1 is 1.38 bits per heavy atom. The minimum atomic E-state index is -0.651. The fourth-order valence-electron chi connectivity index (χ4n) is 2.12. The van der Waals surface area contributed by atoms with Gasteiger partial charge in [0.1, 0.15) is 6.10 Å². The number of nitrogens with zero attached hydrogens (tertiary/aromatic N) is 1. The van der Waals surface area contributed by atoms with Crippen molar-refractivity contribution < 1.29 is 19.0 Å². The van der Waals surface area contributed by atoms with Gasteiger partial charge in [0.05, 0.1) is 25.4 Å². The largest absolute Gasteiger partial charge is 0.508 e. The van der Waals surface area contributed by atoms with Crippen molar-refractivity contribution in [2.75, 3.05) is 21.2 Å². The minimum absolute atomic E-state index is 0.116. The zero-order valence-corrected chi connectivity index (χ0v) is 10.6. The van der Waals surface area contributed by atoms with Gasteiger partial charge in [0.2, 0.25) is 0 Å². The molecule has 1 aliphatic rings. The van der Waals surface area contributed by atoms with E-state index in [0.717, 1.165) is 6.42 Å². The lowest BCUT2D eigenvalue weighted by molar-refractivity contribution is -0.143. The summed E-state index contributed by atoms with van der Waals surface area (Å²) in [7, 11) is 5.26. The Balaban J connectivity index is 2.71. The summed E-state index contributed by atoms with van der Waals surface area (Å²) in [6.45, 7) is 3.95. The predicted octanol–water partition coefficient (Wildman–Crippen LogP) is 1.27. The van der Waals surface area contributed by atoms with Gasteiger partial charge in [-0.15, -0.1) is 0 Å². The quantitative estimate of drug-likeness (QED) is 0.670. The number of rotatable bonds is 2. The molecule has 1 fully saturated rings. The molecule has 1 aliphatic heterocycles. The van der Waals surface area contributed by atoms with Gasteiger partial charge in [-0.3, -0.25) is 0 Å². The van der Waals surface area contributed by atoms with E-state index in [9.17, 15) is 4.79 Å². The molecule has 0 aliphatic carbocycles. The number of methoxy groups -OCH3 is 1. The second-order valence-corrected chi connectivity index (χ2v) is 4.46. The maximum Gasteiger partial charge on any atom is 0.508 e. The molecule has 0 N–H and O–H groups in total. The number of carbonyl (C=O) groups excluding carboxylic acids is 1. The molecule has 0 saturated carbocycles. The lowest BCUT2D eigenvalue weighted by Gasteiger charge is -2.41. The van der Waals surface area contributed by atoms with Crippen LogP contribution in [0.15, 0.2) is 0 Å². The topological polar surface area (TPSA) is 48.0 Å². The number of ether oxygens (including phenoxy) is 3. The summed E-state index contributed by atoms with van der Waals surface area (Å²) < 4.78 is 15.4. The lowest BCUT2D eigenvalue weighted by atomic mass is 9.95. The molecule has 94 valence electrons. The first kappa shape index (κ1) is 13.3. The highest BCUT2D eigenvalue weighted by Gasteiger charge is 2.39. The van der Waals surface area contributed by atoms with Gasteiger partial charge in [-0.2, -0.15) is 0 Å². The summed E-state index contributed by atoms with van der Waals surface area (Å²) in [6.07, 6.45) is -0.0189. The molecular formula is C11H21NO4. The summed E-state index contributed by atoms with van der Waals surface area (Å²) in [5.74, 6) is 0. The van der Waals surface area contributed by atoms with Gasteiger partial charge in [-0.25, -0.2) is 4.79 Å². The summed E-state index contributed by atoms with van der Waals surface area (Å²) in [5, 5.41) is 0. The maximum atomic E-state index is 11.2. The molecule has 16 heavy (non-hydrogen) atoms. The molecular weight excluding hydrogens is 210 g/mol. The van der Waals surface area contributed by atoms with Crippen molar-refractivity contribution in [1.82, 2.24) is 4.90 Å². The van der Waals surface area contributed by atoms with Gasteiger partial charge in [0, 0.05) is 0 Å². The third-order valence-electron chi connectivity index (χ3n) is 2.92. The van der Waals surface area contributed by atoms with E-state index in [0.29, 0.717) is 0 Å². The summed E-state index contributed by atoms with van der Waals surface area (Å²) >= 11 is 0. The normalized spacial score (nSPS) is 34.9. The number of hydrogen-bond acceptors (Lipinski definition) is 5. The molecule has 5 nitrogen and oxygen atoms in total. The molecule has 0 aromatic rings. The molecule has 1 rings (SSSR count). The maximum absolute atomic E-state index is 11.2. The van der Waals surface area contributed by atoms with Crippen molar-refractivity contribution in [3.63, 3.8) is 0 Å². The Hall–Kier alpha value is -0.810. The Bertz CT molecular complexity index is 244. The second-order valence-electron chi connectivity index (χ2n) is 4.46. The molecule has 0 aromatic heterocycles. The minimum Gasteiger partial charge on any atom is -0.438 e. The molecule has 1 heterocycles. The van der Waals surface area contributed by atoms with Gasteiger partial charge in [0.25, 0.3) is 0 Å². The lowest BCUT2D eigenvalue weighted by Crippen LogP contribution is -2.54. The van der Waals surface area contributed by atoms with Gasteiger partial charge in [-0.05, 0) is 34.4 Å². The van der Waals surface area contributed by atoms with Gasteiger partial charge >= 0.3 is 6.16 Å². The Morgan fingerprint density at radius 2 is 2.00 bits per heavy atom. The average Bonchev–Trinajstić information content (AvgIpc) is 2.20. The first-order valence-corrected chi connectivity index (χ1v) is 5.52. The van der Waals surface area contributed by atoms with Crippen molar-refractivity contribution >= 4 is 6.16 Å². The van der Waals surface area contributed by atoms with Crippen LogP contribution in [-0.2, 0) is 14.2 Å². The van der Waals surface area contributed by atoms with Crippen molar-refractivity contribution in [3.8, 4) is 0 Å². The summed E-state index contributed by atoms with van der Waals surface area (Å²) in [6, 6.07) is 0.165. The van der Waals surface area contributed by atoms with E-state index in [2.05, 4.69) is 9.64 Å². The summed E-state index contributed by atoms with van der Waals surface area (Å²) in [5.41, 5.74) is 0. The predicted molar refractivity (Wildman–Crippen MR) is 59.4 cm³/mol. The zero-order chi connectivity index (χ0) is 12.3. The molecule has 5 heteroatoms. The Labute approximate surface area is 96.6 Å². The van der Waals surface area contributed by atoms with Crippen molar-refractivity contribution in [2.24, 2.45) is 0 Å². The van der Waals surface area contributed by atoms with Crippen molar-refractivity contribution in [2.45, 2.75) is 44.6 Å². The molecule has 0 radical (unpaired) electrons. The van der Waals surface area contributed by atoms with Crippen LogP contribution in [0.5, 0.6) is 0 Å². The van der Waals surface area contributed by atoms with Gasteiger partial charge in [0.15, 0.2) is 0 Å². The van der Waals surface area contributed by atoms with E-state index in [1.165, 1.54) is 7.11 Å². The van der Waals surface area contributed by atoms with E-state index >= 15 is 0 Å². The number of likely N-dealkylation sites (N-methyl/N-ethyl adjacent to an activating group) is 1. The molecule has 0 aromatic carbocycles. The van der Waals surface area contributed by atoms with Crippen LogP contribution in [-0.4, -0.2) is 56.6 Å². The van der Waals surface area contributed by atoms with Crippen LogP contribution in [0, 0.1) is 0 Å². The van der Waals surface area contributed by atoms with Crippen molar-refractivity contribution in [3.05, 3.63) is 0 Å². The molecule has 0 unspecified atom stereocenters. The highest BCUT2D eigenvalue weighted by molar-refractivity contribution is 5.60. The van der Waals surface area contributed by atoms with Crippen LogP contribution in [0.1, 0.15) is 20.3 Å². The highest BCUT2D eigenvalue weighted by atomic mass is 16.7. The second kappa shape index (κ2) is 5.50. The highest BCUT2D eigenvalue weighted by Crippen LogP contribution is 2.25. The number of carbonyl (C=O) groups is 1. The Morgan fingerprint density at radius 3 is 2.50 bits per heavy atom. The standard InChI is InChI=1S/C11H21NO4/c1-7-6-9(12(3)4)10(8(2)15-7)16-11(13)14-5/h7-10H,6H2,1-5H3/t7-,8-,9+,10+/m1/s1. The van der Waals surface area contributed by atoms with Crippen LogP contribution < -0.4 is 0 Å². The van der Waals surface area contributed by atoms with Crippen LogP contribution in [0.2, 0.25) is 0 Å². The average molecular weight is 231 g/mol. The summed E-state index contributed by atoms with van der Waals surface area (Å²) in [4.78, 5) is 13.2. The molecule has 0 bridgehead atoms. The van der Waals surface area contributed by atoms with E-state index in [1.54, 1.807) is 0 Å². The molecule has 0 amide bonds. The first-order valence-electron chi connectivity index (χ1n) is 5.52. The van der Waals surface area contributed by atoms with Gasteiger partial charge < -0.3 is 19.1 Å². The van der Waals surface area contributed by atoms with Crippen LogP contribution in [0.3, 0.4) is 0 Å². The van der Waals surface area contributed by atoms with E-state index in [1.807, 2.05) is 27.9 Å². The SMILES string of the molecule is COC(=O)O[C@H]1[C@@H](C)O[C@H](C)C[C@@H]1N(C)C. The smallest absolute Gasteiger partial charge is 0.438 e. The van der Waals surface area contributed by atoms with E-state index in [4.69, 9.17) is 9.47 Å². The third kappa shape index (κ3) is 3.09. The van der Waals surface area contributed by atoms with E-state index < -0.39 is 6.16 Å². The number of hydrogen-bond donors (Lipinski definition) is 0. The van der Waals surface area contributed by atoms with Crippen LogP contribution >= 0.6 is 0 Å². The monoisotopic (exact) mass is 231 g/mol. The third-order valence-corrected chi connectivity index (χ3v) is 2.92. The van der Waals surface area contributed by atoms with Crippen LogP contribution in [0.25, 0.3) is 0 Å². The van der Waals surface area contributed by atoms with Crippen LogP contribution in [0.4, 0.5) is 4.79 Å². The Kier molecular flexibility index (Phi) is 4.56.